The standard InChI is InChI=1S/C27H27FN4O2/c1-31(2)17-18-7-6-8-21(15-18)30-27(34)29-16-24-25(19-11-13-20(28)14-12-19)22-9-4-5-10-23(22)26(33)32(24)3/h4-15H,16-17H2,1-3H3,(H2,29,30,34). The Morgan fingerprint density at radius 3 is 2.38 bits per heavy atom. The van der Waals surface area contributed by atoms with Gasteiger partial charge in [-0.05, 0) is 60.9 Å². The number of carbonyl (C=O) groups is 1. The number of aromatic nitrogens is 1. The van der Waals surface area contributed by atoms with E-state index < -0.39 is 0 Å². The van der Waals surface area contributed by atoms with Gasteiger partial charge in [-0.2, -0.15) is 0 Å². The predicted octanol–water partition coefficient (Wildman–Crippen LogP) is 4.73. The largest absolute Gasteiger partial charge is 0.332 e. The molecule has 0 aliphatic rings. The topological polar surface area (TPSA) is 66.4 Å². The number of carbonyl (C=O) groups excluding carboxylic acids is 1. The Morgan fingerprint density at radius 1 is 0.971 bits per heavy atom. The maximum atomic E-state index is 13.6. The van der Waals surface area contributed by atoms with E-state index in [4.69, 9.17) is 0 Å². The number of hydrogen-bond donors (Lipinski definition) is 2. The summed E-state index contributed by atoms with van der Waals surface area (Å²) < 4.78 is 15.1. The van der Waals surface area contributed by atoms with Crippen molar-refractivity contribution in [3.05, 3.63) is 100 Å². The summed E-state index contributed by atoms with van der Waals surface area (Å²) in [6, 6.07) is 20.7. The zero-order valence-corrected chi connectivity index (χ0v) is 19.4. The van der Waals surface area contributed by atoms with Crippen molar-refractivity contribution in [3.8, 4) is 11.1 Å². The van der Waals surface area contributed by atoms with Gasteiger partial charge >= 0.3 is 6.03 Å². The van der Waals surface area contributed by atoms with Crippen LogP contribution in [0.5, 0.6) is 0 Å². The van der Waals surface area contributed by atoms with Gasteiger partial charge in [-0.1, -0.05) is 42.5 Å². The Hall–Kier alpha value is -3.97. The summed E-state index contributed by atoms with van der Waals surface area (Å²) in [7, 11) is 5.65. The number of anilines is 1. The number of pyridine rings is 1. The van der Waals surface area contributed by atoms with Gasteiger partial charge in [0.2, 0.25) is 0 Å². The predicted molar refractivity (Wildman–Crippen MR) is 134 cm³/mol. The first kappa shape index (κ1) is 23.2. The Balaban J connectivity index is 1.65. The molecule has 4 rings (SSSR count). The normalized spacial score (nSPS) is 11.1. The van der Waals surface area contributed by atoms with Gasteiger partial charge in [-0.25, -0.2) is 9.18 Å². The second-order valence-electron chi connectivity index (χ2n) is 8.48. The number of amides is 2. The molecule has 2 amide bonds. The molecule has 0 aliphatic carbocycles. The highest BCUT2D eigenvalue weighted by atomic mass is 19.1. The van der Waals surface area contributed by atoms with Crippen molar-refractivity contribution in [1.82, 2.24) is 14.8 Å². The van der Waals surface area contributed by atoms with Crippen LogP contribution in [0.3, 0.4) is 0 Å². The minimum absolute atomic E-state index is 0.118. The lowest BCUT2D eigenvalue weighted by Gasteiger charge is -2.18. The number of nitrogens with zero attached hydrogens (tertiary/aromatic N) is 2. The Kier molecular flexibility index (Phi) is 6.75. The van der Waals surface area contributed by atoms with Crippen molar-refractivity contribution in [2.45, 2.75) is 13.1 Å². The van der Waals surface area contributed by atoms with E-state index in [-0.39, 0.29) is 24.0 Å². The van der Waals surface area contributed by atoms with E-state index in [1.54, 1.807) is 29.8 Å². The molecule has 7 heteroatoms. The monoisotopic (exact) mass is 458 g/mol. The molecule has 2 N–H and O–H groups in total. The number of benzene rings is 3. The van der Waals surface area contributed by atoms with Gasteiger partial charge in [-0.15, -0.1) is 0 Å². The highest BCUT2D eigenvalue weighted by Gasteiger charge is 2.17. The molecule has 0 saturated carbocycles. The van der Waals surface area contributed by atoms with Crippen LogP contribution >= 0.6 is 0 Å². The molecule has 0 bridgehead atoms. The molecule has 0 atom stereocenters. The van der Waals surface area contributed by atoms with Crippen LogP contribution in [0.1, 0.15) is 11.3 Å². The van der Waals surface area contributed by atoms with Crippen LogP contribution in [0.2, 0.25) is 0 Å². The second kappa shape index (κ2) is 9.89. The maximum absolute atomic E-state index is 13.6. The fourth-order valence-corrected chi connectivity index (χ4v) is 4.11. The summed E-state index contributed by atoms with van der Waals surface area (Å²) in [6.45, 7) is 0.879. The molecule has 1 aromatic heterocycles. The van der Waals surface area contributed by atoms with Crippen LogP contribution in [0.25, 0.3) is 21.9 Å². The van der Waals surface area contributed by atoms with E-state index in [0.29, 0.717) is 16.8 Å². The number of urea groups is 1. The molecule has 0 saturated heterocycles. The lowest BCUT2D eigenvalue weighted by atomic mass is 9.96. The van der Waals surface area contributed by atoms with Gasteiger partial charge in [0.1, 0.15) is 5.82 Å². The fraction of sp³-hybridized carbons (Fsp3) is 0.185. The summed E-state index contributed by atoms with van der Waals surface area (Å²) in [5.74, 6) is -0.339. The highest BCUT2D eigenvalue weighted by Crippen LogP contribution is 2.30. The quantitative estimate of drug-likeness (QED) is 0.439. The minimum Gasteiger partial charge on any atom is -0.332 e. The Bertz CT molecular complexity index is 1390. The first-order valence-corrected chi connectivity index (χ1v) is 11.0. The minimum atomic E-state index is -0.382. The molecule has 0 aliphatic heterocycles. The molecular weight excluding hydrogens is 431 g/mol. The van der Waals surface area contributed by atoms with Gasteiger partial charge in [0, 0.05) is 35.9 Å². The van der Waals surface area contributed by atoms with E-state index in [0.717, 1.165) is 28.6 Å². The number of fused-ring (bicyclic) bond motifs is 1. The van der Waals surface area contributed by atoms with Gasteiger partial charge in [-0.3, -0.25) is 4.79 Å². The van der Waals surface area contributed by atoms with Crippen molar-refractivity contribution in [2.75, 3.05) is 19.4 Å². The Morgan fingerprint density at radius 2 is 1.68 bits per heavy atom. The lowest BCUT2D eigenvalue weighted by molar-refractivity contribution is 0.251. The van der Waals surface area contributed by atoms with Crippen molar-refractivity contribution < 1.29 is 9.18 Å². The fourth-order valence-electron chi connectivity index (χ4n) is 4.11. The van der Waals surface area contributed by atoms with Crippen LogP contribution < -0.4 is 16.2 Å². The third-order valence-corrected chi connectivity index (χ3v) is 5.66. The molecule has 4 aromatic rings. The summed E-state index contributed by atoms with van der Waals surface area (Å²) in [6.07, 6.45) is 0. The first-order chi connectivity index (χ1) is 16.3. The average molecular weight is 459 g/mol. The molecule has 1 heterocycles. The zero-order chi connectivity index (χ0) is 24.2. The number of halogens is 1. The maximum Gasteiger partial charge on any atom is 0.319 e. The highest BCUT2D eigenvalue weighted by molar-refractivity contribution is 5.97. The SMILES string of the molecule is CN(C)Cc1cccc(NC(=O)NCc2c(-c3ccc(F)cc3)c3ccccc3c(=O)n2C)c1. The van der Waals surface area contributed by atoms with Crippen LogP contribution in [-0.4, -0.2) is 29.6 Å². The van der Waals surface area contributed by atoms with Gasteiger partial charge in [0.25, 0.3) is 5.56 Å². The molecular formula is C27H27FN4O2. The zero-order valence-electron chi connectivity index (χ0n) is 19.4. The molecule has 0 unspecified atom stereocenters. The molecule has 0 spiro atoms. The van der Waals surface area contributed by atoms with E-state index >= 15 is 0 Å². The molecule has 34 heavy (non-hydrogen) atoms. The van der Waals surface area contributed by atoms with Gasteiger partial charge < -0.3 is 20.1 Å². The smallest absolute Gasteiger partial charge is 0.319 e. The first-order valence-electron chi connectivity index (χ1n) is 11.0. The lowest BCUT2D eigenvalue weighted by Crippen LogP contribution is -2.32. The van der Waals surface area contributed by atoms with E-state index in [9.17, 15) is 14.0 Å². The second-order valence-corrected chi connectivity index (χ2v) is 8.48. The van der Waals surface area contributed by atoms with Crippen molar-refractivity contribution in [2.24, 2.45) is 7.05 Å². The summed E-state index contributed by atoms with van der Waals surface area (Å²) in [5, 5.41) is 7.05. The number of nitrogens with one attached hydrogen (secondary N) is 2. The van der Waals surface area contributed by atoms with Crippen molar-refractivity contribution >= 4 is 22.5 Å². The van der Waals surface area contributed by atoms with Crippen LogP contribution in [-0.2, 0) is 20.1 Å². The van der Waals surface area contributed by atoms with Gasteiger partial charge in [0.05, 0.1) is 6.54 Å². The molecule has 0 radical (unpaired) electrons. The summed E-state index contributed by atoms with van der Waals surface area (Å²) in [5.41, 5.74) is 3.79. The number of rotatable bonds is 6. The molecule has 3 aromatic carbocycles. The van der Waals surface area contributed by atoms with Crippen LogP contribution in [0.15, 0.2) is 77.6 Å². The average Bonchev–Trinajstić information content (AvgIpc) is 2.81. The summed E-state index contributed by atoms with van der Waals surface area (Å²) in [4.78, 5) is 27.8. The third kappa shape index (κ3) is 5.00. The van der Waals surface area contributed by atoms with E-state index in [1.807, 2.05) is 56.6 Å². The third-order valence-electron chi connectivity index (χ3n) is 5.66. The van der Waals surface area contributed by atoms with Crippen molar-refractivity contribution in [3.63, 3.8) is 0 Å². The van der Waals surface area contributed by atoms with Crippen LogP contribution in [0.4, 0.5) is 14.9 Å². The summed E-state index contributed by atoms with van der Waals surface area (Å²) >= 11 is 0. The molecule has 174 valence electrons. The van der Waals surface area contributed by atoms with Crippen LogP contribution in [0, 0.1) is 5.82 Å². The molecule has 6 nitrogen and oxygen atoms in total. The Labute approximate surface area is 197 Å². The van der Waals surface area contributed by atoms with E-state index in [1.165, 1.54) is 12.1 Å². The number of hydrogen-bond acceptors (Lipinski definition) is 3. The molecule has 0 fully saturated rings. The van der Waals surface area contributed by atoms with Crippen molar-refractivity contribution in [1.29, 1.82) is 0 Å². The van der Waals surface area contributed by atoms with E-state index in [2.05, 4.69) is 15.5 Å². The van der Waals surface area contributed by atoms with Gasteiger partial charge in [0.15, 0.2) is 0 Å².